The maximum atomic E-state index is 10.4. The van der Waals surface area contributed by atoms with Crippen molar-refractivity contribution in [2.75, 3.05) is 46.1 Å². The molecule has 2 heterocycles. The van der Waals surface area contributed by atoms with Gasteiger partial charge in [0.25, 0.3) is 0 Å². The Labute approximate surface area is 178 Å². The van der Waals surface area contributed by atoms with E-state index in [1.807, 2.05) is 36.4 Å². The molecule has 0 radical (unpaired) electrons. The number of hydrogen-bond donors (Lipinski definition) is 1. The van der Waals surface area contributed by atoms with Crippen molar-refractivity contribution in [1.29, 1.82) is 0 Å². The predicted octanol–water partition coefficient (Wildman–Crippen LogP) is 2.70. The Hall–Kier alpha value is -2.54. The monoisotopic (exact) mass is 410 g/mol. The maximum absolute atomic E-state index is 10.4. The van der Waals surface area contributed by atoms with Gasteiger partial charge in [0.2, 0.25) is 6.79 Å². The highest BCUT2D eigenvalue weighted by Gasteiger charge is 2.21. The van der Waals surface area contributed by atoms with Gasteiger partial charge in [0, 0.05) is 39.3 Å². The van der Waals surface area contributed by atoms with Gasteiger partial charge in [-0.15, -0.1) is 6.58 Å². The summed E-state index contributed by atoms with van der Waals surface area (Å²) in [6.45, 7) is 9.75. The Kier molecular flexibility index (Phi) is 6.89. The number of fused-ring (bicyclic) bond motifs is 1. The van der Waals surface area contributed by atoms with Gasteiger partial charge >= 0.3 is 0 Å². The summed E-state index contributed by atoms with van der Waals surface area (Å²) in [4.78, 5) is 4.74. The van der Waals surface area contributed by atoms with Gasteiger partial charge in [-0.1, -0.05) is 30.3 Å². The zero-order chi connectivity index (χ0) is 20.8. The normalized spacial score (nSPS) is 17.6. The maximum Gasteiger partial charge on any atom is 0.231 e. The molecule has 160 valence electrons. The van der Waals surface area contributed by atoms with E-state index < -0.39 is 6.10 Å². The van der Waals surface area contributed by atoms with Crippen LogP contribution in [0.3, 0.4) is 0 Å². The Balaban J connectivity index is 1.19. The van der Waals surface area contributed by atoms with E-state index >= 15 is 0 Å². The number of rotatable bonds is 9. The molecule has 2 aromatic carbocycles. The van der Waals surface area contributed by atoms with E-state index in [-0.39, 0.29) is 0 Å². The summed E-state index contributed by atoms with van der Waals surface area (Å²) in [5.41, 5.74) is 2.33. The summed E-state index contributed by atoms with van der Waals surface area (Å²) in [7, 11) is 0. The molecule has 4 rings (SSSR count). The third-order valence-corrected chi connectivity index (χ3v) is 5.55. The molecule has 0 spiro atoms. The van der Waals surface area contributed by atoms with Crippen LogP contribution in [-0.4, -0.2) is 67.1 Å². The number of piperazine rings is 1. The third kappa shape index (κ3) is 5.33. The number of aliphatic hydroxyl groups is 1. The minimum atomic E-state index is -0.512. The summed E-state index contributed by atoms with van der Waals surface area (Å²) in [6.07, 6.45) is 2.11. The highest BCUT2D eigenvalue weighted by atomic mass is 16.7. The Morgan fingerprint density at radius 1 is 1.03 bits per heavy atom. The average Bonchev–Trinajstić information content (AvgIpc) is 3.23. The molecular formula is C24H30N2O4. The molecule has 1 saturated heterocycles. The summed E-state index contributed by atoms with van der Waals surface area (Å²) in [5.74, 6) is 2.49. The average molecular weight is 411 g/mol. The van der Waals surface area contributed by atoms with Crippen molar-refractivity contribution >= 4 is 0 Å². The number of ether oxygens (including phenoxy) is 3. The predicted molar refractivity (Wildman–Crippen MR) is 116 cm³/mol. The van der Waals surface area contributed by atoms with Gasteiger partial charge in [0.15, 0.2) is 11.5 Å². The first-order chi connectivity index (χ1) is 14.7. The van der Waals surface area contributed by atoms with Crippen molar-refractivity contribution in [2.24, 2.45) is 0 Å². The van der Waals surface area contributed by atoms with Crippen LogP contribution < -0.4 is 14.2 Å². The fourth-order valence-corrected chi connectivity index (χ4v) is 3.93. The van der Waals surface area contributed by atoms with Crippen molar-refractivity contribution in [3.8, 4) is 17.2 Å². The van der Waals surface area contributed by atoms with Crippen molar-refractivity contribution in [3.05, 3.63) is 66.2 Å². The van der Waals surface area contributed by atoms with Crippen LogP contribution in [0.15, 0.2) is 55.1 Å². The van der Waals surface area contributed by atoms with Crippen molar-refractivity contribution < 1.29 is 19.3 Å². The van der Waals surface area contributed by atoms with Crippen LogP contribution in [0, 0.1) is 0 Å². The van der Waals surface area contributed by atoms with E-state index in [1.165, 1.54) is 5.56 Å². The van der Waals surface area contributed by atoms with Gasteiger partial charge in [0.05, 0.1) is 0 Å². The topological polar surface area (TPSA) is 54.4 Å². The molecule has 6 heteroatoms. The standard InChI is InChI=1S/C24H30N2O4/c1-2-5-20-6-3-4-7-22(20)28-17-21(27)16-26-12-10-25(11-13-26)15-19-8-9-23-24(14-19)30-18-29-23/h2-4,6-9,14,21,27H,1,5,10-13,15-18H2/t21-/m0/s1. The largest absolute Gasteiger partial charge is 0.491 e. The molecule has 6 nitrogen and oxygen atoms in total. The summed E-state index contributed by atoms with van der Waals surface area (Å²) in [5, 5.41) is 10.4. The van der Waals surface area contributed by atoms with Gasteiger partial charge in [0.1, 0.15) is 18.5 Å². The fourth-order valence-electron chi connectivity index (χ4n) is 3.93. The molecule has 0 aliphatic carbocycles. The summed E-state index contributed by atoms with van der Waals surface area (Å²) in [6, 6.07) is 14.1. The van der Waals surface area contributed by atoms with E-state index in [0.717, 1.165) is 62.0 Å². The van der Waals surface area contributed by atoms with Crippen molar-refractivity contribution in [1.82, 2.24) is 9.80 Å². The lowest BCUT2D eigenvalue weighted by atomic mass is 10.1. The quantitative estimate of drug-likeness (QED) is 0.642. The molecule has 2 aliphatic heterocycles. The number of aliphatic hydroxyl groups excluding tert-OH is 1. The van der Waals surface area contributed by atoms with Crippen molar-refractivity contribution in [2.45, 2.75) is 19.1 Å². The first-order valence-corrected chi connectivity index (χ1v) is 10.5. The molecule has 0 amide bonds. The number of nitrogens with zero attached hydrogens (tertiary/aromatic N) is 2. The lowest BCUT2D eigenvalue weighted by molar-refractivity contribution is 0.0444. The van der Waals surface area contributed by atoms with Gasteiger partial charge in [-0.3, -0.25) is 9.80 Å². The van der Waals surface area contributed by atoms with Crippen LogP contribution in [0.5, 0.6) is 17.2 Å². The van der Waals surface area contributed by atoms with Gasteiger partial charge in [-0.25, -0.2) is 0 Å². The SMILES string of the molecule is C=CCc1ccccc1OC[C@@H](O)CN1CCN(Cc2ccc3c(c2)OCO3)CC1. The van der Waals surface area contributed by atoms with E-state index in [1.54, 1.807) is 0 Å². The van der Waals surface area contributed by atoms with Crippen LogP contribution >= 0.6 is 0 Å². The molecule has 2 aromatic rings. The second kappa shape index (κ2) is 9.98. The van der Waals surface area contributed by atoms with E-state index in [2.05, 4.69) is 28.5 Å². The van der Waals surface area contributed by atoms with Crippen LogP contribution in [0.1, 0.15) is 11.1 Å². The number of β-amino-alcohol motifs (C(OH)–C–C–N with tert-alkyl or cyclic N) is 1. The molecule has 30 heavy (non-hydrogen) atoms. The van der Waals surface area contributed by atoms with Crippen LogP contribution in [0.4, 0.5) is 0 Å². The number of benzene rings is 2. The second-order valence-electron chi connectivity index (χ2n) is 7.83. The van der Waals surface area contributed by atoms with Gasteiger partial charge in [-0.2, -0.15) is 0 Å². The van der Waals surface area contributed by atoms with E-state index in [9.17, 15) is 5.11 Å². The van der Waals surface area contributed by atoms with Gasteiger partial charge < -0.3 is 19.3 Å². The Morgan fingerprint density at radius 3 is 2.63 bits per heavy atom. The molecule has 1 fully saturated rings. The van der Waals surface area contributed by atoms with Crippen LogP contribution in [0.25, 0.3) is 0 Å². The zero-order valence-electron chi connectivity index (χ0n) is 17.3. The third-order valence-electron chi connectivity index (χ3n) is 5.55. The smallest absolute Gasteiger partial charge is 0.231 e. The number of allylic oxidation sites excluding steroid dienone is 1. The summed E-state index contributed by atoms with van der Waals surface area (Å²) >= 11 is 0. The van der Waals surface area contributed by atoms with Crippen molar-refractivity contribution in [3.63, 3.8) is 0 Å². The lowest BCUT2D eigenvalue weighted by Crippen LogP contribution is -2.48. The molecule has 1 atom stereocenters. The molecule has 2 aliphatic rings. The summed E-state index contributed by atoms with van der Waals surface area (Å²) < 4.78 is 16.7. The number of hydrogen-bond acceptors (Lipinski definition) is 6. The highest BCUT2D eigenvalue weighted by Crippen LogP contribution is 2.32. The molecule has 1 N–H and O–H groups in total. The van der Waals surface area contributed by atoms with Crippen LogP contribution in [0.2, 0.25) is 0 Å². The highest BCUT2D eigenvalue weighted by molar-refractivity contribution is 5.44. The minimum absolute atomic E-state index is 0.297. The molecule has 0 unspecified atom stereocenters. The molecule has 0 aromatic heterocycles. The van der Waals surface area contributed by atoms with Crippen LogP contribution in [-0.2, 0) is 13.0 Å². The Morgan fingerprint density at radius 2 is 1.80 bits per heavy atom. The fraction of sp³-hybridized carbons (Fsp3) is 0.417. The van der Waals surface area contributed by atoms with E-state index in [4.69, 9.17) is 14.2 Å². The molecule has 0 bridgehead atoms. The number of para-hydroxylation sites is 1. The van der Waals surface area contributed by atoms with Gasteiger partial charge in [-0.05, 0) is 35.7 Å². The minimum Gasteiger partial charge on any atom is -0.491 e. The Bertz CT molecular complexity index is 849. The first-order valence-electron chi connectivity index (χ1n) is 10.5. The lowest BCUT2D eigenvalue weighted by Gasteiger charge is -2.35. The molecule has 0 saturated carbocycles. The molecular weight excluding hydrogens is 380 g/mol. The second-order valence-corrected chi connectivity index (χ2v) is 7.83. The zero-order valence-corrected chi connectivity index (χ0v) is 17.3. The van der Waals surface area contributed by atoms with E-state index in [0.29, 0.717) is 19.9 Å². The first kappa shape index (κ1) is 20.7.